The lowest BCUT2D eigenvalue weighted by atomic mass is 9.80. The smallest absolute Gasteiger partial charge is 0.413 e. The number of nitrogens with zero attached hydrogens (tertiary/aromatic N) is 2. The number of carbonyl (C=O) groups is 4. The zero-order valence-corrected chi connectivity index (χ0v) is 34.7. The number of anilines is 1. The quantitative estimate of drug-likeness (QED) is 0.0674. The number of methoxy groups -OCH3 is 1. The van der Waals surface area contributed by atoms with Gasteiger partial charge in [0.05, 0.1) is 26.2 Å². The van der Waals surface area contributed by atoms with Gasteiger partial charge in [0.1, 0.15) is 47.2 Å². The van der Waals surface area contributed by atoms with E-state index in [9.17, 15) is 29.1 Å². The van der Waals surface area contributed by atoms with Gasteiger partial charge in [0.25, 0.3) is 0 Å². The standard InChI is InChI=1S/C44H52N4O12/c1-42(2,3)59-40(53)45-33(38(50)51)25-37(49)56-27-34-28(24-36(58-34)48-23-22-35(46-39(48)52)47-41(54)60-43(4,5)6)26-57-44(29-14-10-8-11-15-29,30-16-12-9-13-17-30)31-18-20-32(55-7)21-19-31/h8-23,28,33-34,36H,24-27H2,1-7H3,(H,45,53)(H,50,51)(H,46,47,52,54)/t28-,33?,34-,36-/m1/s1. The minimum Gasteiger partial charge on any atom is -0.497 e. The number of nitrogens with one attached hydrogen (secondary N) is 2. The highest BCUT2D eigenvalue weighted by molar-refractivity contribution is 5.85. The summed E-state index contributed by atoms with van der Waals surface area (Å²) in [5.41, 5.74) is -1.13. The minimum atomic E-state index is -1.64. The molecule has 0 saturated carbocycles. The average molecular weight is 829 g/mol. The summed E-state index contributed by atoms with van der Waals surface area (Å²) >= 11 is 0. The summed E-state index contributed by atoms with van der Waals surface area (Å²) in [6.07, 6.45) is -2.66. The topological polar surface area (TPSA) is 203 Å². The van der Waals surface area contributed by atoms with Crippen LogP contribution in [0.25, 0.3) is 0 Å². The van der Waals surface area contributed by atoms with Crippen molar-refractivity contribution in [1.82, 2.24) is 14.9 Å². The Kier molecular flexibility index (Phi) is 14.4. The number of aromatic nitrogens is 2. The third kappa shape index (κ3) is 11.9. The Labute approximate surface area is 348 Å². The number of hydrogen-bond acceptors (Lipinski definition) is 12. The fourth-order valence-electron chi connectivity index (χ4n) is 6.62. The number of amides is 2. The number of hydrogen-bond donors (Lipinski definition) is 3. The van der Waals surface area contributed by atoms with Crippen LogP contribution in [0.4, 0.5) is 15.4 Å². The number of ether oxygens (including phenoxy) is 6. The van der Waals surface area contributed by atoms with E-state index in [0.717, 1.165) is 16.7 Å². The predicted octanol–water partition coefficient (Wildman–Crippen LogP) is 6.42. The van der Waals surface area contributed by atoms with Gasteiger partial charge in [-0.05, 0) is 76.4 Å². The van der Waals surface area contributed by atoms with Crippen molar-refractivity contribution in [1.29, 1.82) is 0 Å². The normalized spacial score (nSPS) is 17.2. The molecule has 4 aromatic rings. The Balaban J connectivity index is 1.44. The fourth-order valence-corrected chi connectivity index (χ4v) is 6.62. The molecule has 0 aliphatic carbocycles. The summed E-state index contributed by atoms with van der Waals surface area (Å²) in [6.45, 7) is 9.63. The highest BCUT2D eigenvalue weighted by Gasteiger charge is 2.43. The van der Waals surface area contributed by atoms with E-state index < -0.39 is 77.3 Å². The lowest BCUT2D eigenvalue weighted by Gasteiger charge is -2.37. The van der Waals surface area contributed by atoms with E-state index in [-0.39, 0.29) is 25.5 Å². The number of alkyl carbamates (subject to hydrolysis) is 1. The SMILES string of the molecule is COc1ccc(C(OC[C@H]2C[C@H](n3ccc(NC(=O)OC(C)(C)C)nc3=O)O[C@@H]2COC(=O)CC(NC(=O)OC(C)(C)C)C(=O)O)(c2ccccc2)c2ccccc2)cc1. The Morgan fingerprint density at radius 3 is 1.92 bits per heavy atom. The van der Waals surface area contributed by atoms with Crippen LogP contribution >= 0.6 is 0 Å². The Hall–Kier alpha value is -6.26. The van der Waals surface area contributed by atoms with Crippen LogP contribution in [0.1, 0.15) is 77.3 Å². The van der Waals surface area contributed by atoms with Crippen molar-refractivity contribution < 1.29 is 52.7 Å². The van der Waals surface area contributed by atoms with E-state index in [0.29, 0.717) is 5.75 Å². The summed E-state index contributed by atoms with van der Waals surface area (Å²) in [7, 11) is 1.59. The highest BCUT2D eigenvalue weighted by atomic mass is 16.6. The fraction of sp³-hybridized carbons (Fsp3) is 0.409. The van der Waals surface area contributed by atoms with Gasteiger partial charge in [-0.1, -0.05) is 72.8 Å². The number of benzene rings is 3. The summed E-state index contributed by atoms with van der Waals surface area (Å²) < 4.78 is 36.3. The van der Waals surface area contributed by atoms with Gasteiger partial charge < -0.3 is 38.8 Å². The van der Waals surface area contributed by atoms with Crippen LogP contribution in [0, 0.1) is 5.92 Å². The Morgan fingerprint density at radius 2 is 1.38 bits per heavy atom. The first-order valence-corrected chi connectivity index (χ1v) is 19.4. The van der Waals surface area contributed by atoms with Crippen LogP contribution in [-0.4, -0.2) is 82.5 Å². The van der Waals surface area contributed by atoms with E-state index in [1.165, 1.54) is 16.8 Å². The molecule has 1 fully saturated rings. The number of esters is 1. The molecular weight excluding hydrogens is 776 g/mol. The Morgan fingerprint density at radius 1 is 0.817 bits per heavy atom. The lowest BCUT2D eigenvalue weighted by Crippen LogP contribution is -2.45. The molecule has 1 aliphatic heterocycles. The second-order valence-electron chi connectivity index (χ2n) is 16.1. The van der Waals surface area contributed by atoms with Gasteiger partial charge in [-0.3, -0.25) is 14.7 Å². The molecule has 5 rings (SSSR count). The number of rotatable bonds is 15. The number of aliphatic carboxylic acids is 1. The van der Waals surface area contributed by atoms with Crippen molar-refractivity contribution in [2.75, 3.05) is 25.6 Å². The maximum absolute atomic E-state index is 13.4. The zero-order chi connectivity index (χ0) is 43.7. The molecule has 0 bridgehead atoms. The molecule has 1 aromatic heterocycles. The second-order valence-corrected chi connectivity index (χ2v) is 16.1. The molecule has 0 spiro atoms. The molecule has 16 heteroatoms. The van der Waals surface area contributed by atoms with Crippen molar-refractivity contribution in [3.8, 4) is 5.75 Å². The monoisotopic (exact) mass is 828 g/mol. The van der Waals surface area contributed by atoms with Gasteiger partial charge in [-0.25, -0.2) is 19.2 Å². The first kappa shape index (κ1) is 44.8. The summed E-state index contributed by atoms with van der Waals surface area (Å²) in [6, 6.07) is 26.7. The molecule has 1 aliphatic rings. The van der Waals surface area contributed by atoms with Crippen molar-refractivity contribution in [3.63, 3.8) is 0 Å². The molecule has 16 nitrogen and oxygen atoms in total. The summed E-state index contributed by atoms with van der Waals surface area (Å²) in [4.78, 5) is 67.3. The van der Waals surface area contributed by atoms with Crippen LogP contribution in [0.3, 0.4) is 0 Å². The molecule has 1 unspecified atom stereocenters. The van der Waals surface area contributed by atoms with Crippen LogP contribution in [-0.2, 0) is 38.9 Å². The number of carboxylic acids is 1. The van der Waals surface area contributed by atoms with Gasteiger partial charge in [-0.15, -0.1) is 0 Å². The molecule has 1 saturated heterocycles. The zero-order valence-electron chi connectivity index (χ0n) is 34.7. The van der Waals surface area contributed by atoms with E-state index >= 15 is 0 Å². The maximum Gasteiger partial charge on any atom is 0.413 e. The van der Waals surface area contributed by atoms with Gasteiger partial charge in [0.2, 0.25) is 0 Å². The van der Waals surface area contributed by atoms with Crippen molar-refractivity contribution in [3.05, 3.63) is 124 Å². The van der Waals surface area contributed by atoms with Crippen LogP contribution < -0.4 is 21.1 Å². The number of carbonyl (C=O) groups excluding carboxylic acids is 3. The van der Waals surface area contributed by atoms with Crippen LogP contribution in [0.5, 0.6) is 5.75 Å². The molecule has 3 N–H and O–H groups in total. The molecule has 0 radical (unpaired) electrons. The van der Waals surface area contributed by atoms with Gasteiger partial charge in [0.15, 0.2) is 0 Å². The molecule has 2 amide bonds. The van der Waals surface area contributed by atoms with Crippen LogP contribution in [0.15, 0.2) is 102 Å². The molecule has 4 atom stereocenters. The van der Waals surface area contributed by atoms with E-state index in [2.05, 4.69) is 15.6 Å². The second kappa shape index (κ2) is 19.2. The Bertz CT molecular complexity index is 2110. The molecule has 3 aromatic carbocycles. The van der Waals surface area contributed by atoms with Crippen LogP contribution in [0.2, 0.25) is 0 Å². The largest absolute Gasteiger partial charge is 0.497 e. The lowest BCUT2D eigenvalue weighted by molar-refractivity contribution is -0.154. The van der Waals surface area contributed by atoms with Gasteiger partial charge >= 0.3 is 29.8 Å². The summed E-state index contributed by atoms with van der Waals surface area (Å²) in [5.74, 6) is -2.29. The molecule has 320 valence electrons. The van der Waals surface area contributed by atoms with Gasteiger partial charge in [0, 0.05) is 18.5 Å². The van der Waals surface area contributed by atoms with E-state index in [1.54, 1.807) is 48.7 Å². The predicted molar refractivity (Wildman–Crippen MR) is 218 cm³/mol. The molecule has 2 heterocycles. The first-order chi connectivity index (χ1) is 28.4. The average Bonchev–Trinajstić information content (AvgIpc) is 3.59. The van der Waals surface area contributed by atoms with Gasteiger partial charge in [-0.2, -0.15) is 4.98 Å². The molecular formula is C44H52N4O12. The van der Waals surface area contributed by atoms with E-state index in [1.807, 2.05) is 84.9 Å². The maximum atomic E-state index is 13.4. The minimum absolute atomic E-state index is 0.0208. The molecule has 60 heavy (non-hydrogen) atoms. The third-order valence-corrected chi connectivity index (χ3v) is 9.27. The highest BCUT2D eigenvalue weighted by Crippen LogP contribution is 2.43. The first-order valence-electron chi connectivity index (χ1n) is 19.4. The van der Waals surface area contributed by atoms with E-state index in [4.69, 9.17) is 28.4 Å². The van der Waals surface area contributed by atoms with Crippen molar-refractivity contribution >= 4 is 29.9 Å². The number of carboxylic acid groups (broad SMARTS) is 1. The van der Waals surface area contributed by atoms with Crippen molar-refractivity contribution in [2.24, 2.45) is 5.92 Å². The summed E-state index contributed by atoms with van der Waals surface area (Å²) in [5, 5.41) is 14.4. The third-order valence-electron chi connectivity index (χ3n) is 9.27. The van der Waals surface area contributed by atoms with Crippen molar-refractivity contribution in [2.45, 2.75) is 89.6 Å².